The molecule has 0 aromatic carbocycles. The van der Waals surface area contributed by atoms with Crippen molar-refractivity contribution in [3.63, 3.8) is 0 Å². The molecule has 0 aliphatic carbocycles. The van der Waals surface area contributed by atoms with E-state index in [2.05, 4.69) is 16.0 Å². The normalized spacial score (nSPS) is 14.2. The summed E-state index contributed by atoms with van der Waals surface area (Å²) in [6.45, 7) is 3.45. The number of carbonyl (C=O) groups is 7. The summed E-state index contributed by atoms with van der Waals surface area (Å²) in [6, 6.07) is -5.87. The first kappa shape index (κ1) is 30.2. The molecule has 0 saturated heterocycles. The number of carboxylic acid groups (broad SMARTS) is 2. The van der Waals surface area contributed by atoms with Crippen LogP contribution in [0, 0.1) is 5.92 Å². The van der Waals surface area contributed by atoms with Crippen molar-refractivity contribution in [1.82, 2.24) is 16.0 Å². The first-order valence-corrected chi connectivity index (χ1v) is 10.3. The summed E-state index contributed by atoms with van der Waals surface area (Å²) in [6.07, 6.45) is -2.04. The molecule has 0 spiro atoms. The zero-order valence-electron chi connectivity index (χ0n) is 18.9. The van der Waals surface area contributed by atoms with E-state index in [-0.39, 0.29) is 18.8 Å². The number of carbonyl (C=O) groups excluding carboxylic acids is 5. The second kappa shape index (κ2) is 14.4. The average molecular weight is 488 g/mol. The van der Waals surface area contributed by atoms with Crippen LogP contribution in [-0.2, 0) is 33.6 Å². The van der Waals surface area contributed by atoms with E-state index >= 15 is 0 Å². The van der Waals surface area contributed by atoms with E-state index in [4.69, 9.17) is 22.3 Å². The van der Waals surface area contributed by atoms with Crippen LogP contribution in [0.3, 0.4) is 0 Å². The maximum Gasteiger partial charge on any atom is 0.326 e. The highest BCUT2D eigenvalue weighted by molar-refractivity contribution is 5.97. The minimum Gasteiger partial charge on any atom is -0.481 e. The molecule has 34 heavy (non-hydrogen) atoms. The van der Waals surface area contributed by atoms with E-state index in [1.54, 1.807) is 13.8 Å². The number of nitrogens with two attached hydrogens (primary N) is 3. The monoisotopic (exact) mass is 488 g/mol. The lowest BCUT2D eigenvalue weighted by Gasteiger charge is -2.24. The fourth-order valence-corrected chi connectivity index (χ4v) is 2.75. The minimum atomic E-state index is -1.62. The Kier molecular flexibility index (Phi) is 12.8. The molecule has 0 radical (unpaired) electrons. The van der Waals surface area contributed by atoms with Gasteiger partial charge >= 0.3 is 11.9 Å². The smallest absolute Gasteiger partial charge is 0.326 e. The quantitative estimate of drug-likeness (QED) is 0.106. The standard InChI is InChI=1S/C19H32N6O9/c1-8(2)5-12(19(33)34)25-18(32)11(7-14(22)27)24-17(31)10(6-13(21)26)23-16(30)9(20)3-4-15(28)29/h8-12H,3-7,20H2,1-2H3,(H2,21,26)(H2,22,27)(H,23,30)(H,24,31)(H,25,32)(H,28,29)(H,33,34). The van der Waals surface area contributed by atoms with Crippen molar-refractivity contribution in [2.24, 2.45) is 23.1 Å². The van der Waals surface area contributed by atoms with Gasteiger partial charge in [-0.2, -0.15) is 0 Å². The van der Waals surface area contributed by atoms with Crippen molar-refractivity contribution in [3.8, 4) is 0 Å². The van der Waals surface area contributed by atoms with Crippen molar-refractivity contribution in [2.45, 2.75) is 70.1 Å². The lowest BCUT2D eigenvalue weighted by atomic mass is 10.0. The maximum absolute atomic E-state index is 12.7. The van der Waals surface area contributed by atoms with E-state index in [1.807, 2.05) is 0 Å². The molecule has 11 N–H and O–H groups in total. The Hall–Kier alpha value is -3.75. The third-order valence-corrected chi connectivity index (χ3v) is 4.40. The van der Waals surface area contributed by atoms with Crippen molar-refractivity contribution in [1.29, 1.82) is 0 Å². The third kappa shape index (κ3) is 12.3. The maximum atomic E-state index is 12.7. The van der Waals surface area contributed by atoms with Crippen molar-refractivity contribution in [2.75, 3.05) is 0 Å². The molecule has 0 aromatic heterocycles. The zero-order chi connectivity index (χ0) is 26.6. The van der Waals surface area contributed by atoms with E-state index < -0.39 is 84.9 Å². The van der Waals surface area contributed by atoms with Crippen LogP contribution < -0.4 is 33.2 Å². The number of hydrogen-bond donors (Lipinski definition) is 8. The molecule has 15 heteroatoms. The predicted molar refractivity (Wildman–Crippen MR) is 115 cm³/mol. The van der Waals surface area contributed by atoms with E-state index in [9.17, 15) is 38.7 Å². The van der Waals surface area contributed by atoms with Crippen LogP contribution in [0.4, 0.5) is 0 Å². The Morgan fingerprint density at radius 1 is 0.735 bits per heavy atom. The fourth-order valence-electron chi connectivity index (χ4n) is 2.75. The van der Waals surface area contributed by atoms with Gasteiger partial charge in [-0.05, 0) is 18.8 Å². The molecule has 0 aromatic rings. The lowest BCUT2D eigenvalue weighted by molar-refractivity contribution is -0.143. The van der Waals surface area contributed by atoms with Gasteiger partial charge in [-0.3, -0.25) is 28.8 Å². The first-order chi connectivity index (χ1) is 15.6. The average Bonchev–Trinajstić information content (AvgIpc) is 2.68. The molecular formula is C19H32N6O9. The largest absolute Gasteiger partial charge is 0.481 e. The van der Waals surface area contributed by atoms with E-state index in [0.717, 1.165) is 0 Å². The van der Waals surface area contributed by atoms with Gasteiger partial charge in [0.2, 0.25) is 29.5 Å². The Morgan fingerprint density at radius 3 is 1.50 bits per heavy atom. The molecule has 0 saturated carbocycles. The topological polar surface area (TPSA) is 274 Å². The molecule has 5 amide bonds. The van der Waals surface area contributed by atoms with E-state index in [1.165, 1.54) is 0 Å². The second-order valence-electron chi connectivity index (χ2n) is 8.03. The third-order valence-electron chi connectivity index (χ3n) is 4.40. The van der Waals surface area contributed by atoms with Gasteiger partial charge in [-0.1, -0.05) is 13.8 Å². The van der Waals surface area contributed by atoms with E-state index in [0.29, 0.717) is 0 Å². The van der Waals surface area contributed by atoms with Crippen molar-refractivity contribution >= 4 is 41.5 Å². The molecule has 0 bridgehead atoms. The van der Waals surface area contributed by atoms with Crippen molar-refractivity contribution in [3.05, 3.63) is 0 Å². The van der Waals surface area contributed by atoms with Crippen LogP contribution in [0.15, 0.2) is 0 Å². The number of carboxylic acids is 2. The number of primary amides is 2. The molecule has 0 rings (SSSR count). The summed E-state index contributed by atoms with van der Waals surface area (Å²) < 4.78 is 0. The first-order valence-electron chi connectivity index (χ1n) is 10.3. The molecule has 15 nitrogen and oxygen atoms in total. The number of hydrogen-bond acceptors (Lipinski definition) is 8. The Labute approximate surface area is 195 Å². The summed E-state index contributed by atoms with van der Waals surface area (Å²) in [5, 5.41) is 24.5. The van der Waals surface area contributed by atoms with Gasteiger partial charge in [-0.15, -0.1) is 0 Å². The number of nitrogens with one attached hydrogen (secondary N) is 3. The fraction of sp³-hybridized carbons (Fsp3) is 0.632. The predicted octanol–water partition coefficient (Wildman–Crippen LogP) is -3.49. The molecule has 0 fully saturated rings. The summed E-state index contributed by atoms with van der Waals surface area (Å²) in [5.74, 6) is -7.72. The van der Waals surface area contributed by atoms with Crippen molar-refractivity contribution < 1.29 is 43.8 Å². The molecule has 4 unspecified atom stereocenters. The van der Waals surface area contributed by atoms with Crippen LogP contribution in [0.2, 0.25) is 0 Å². The Balaban J connectivity index is 5.52. The van der Waals surface area contributed by atoms with Crippen LogP contribution >= 0.6 is 0 Å². The number of aliphatic carboxylic acids is 2. The molecule has 0 aliphatic rings. The Bertz CT molecular complexity index is 801. The molecule has 4 atom stereocenters. The number of rotatable bonds is 16. The highest BCUT2D eigenvalue weighted by Crippen LogP contribution is 2.06. The summed E-state index contributed by atoms with van der Waals surface area (Å²) in [7, 11) is 0. The minimum absolute atomic E-state index is 0.0624. The van der Waals surface area contributed by atoms with Gasteiger partial charge in [0.1, 0.15) is 18.1 Å². The highest BCUT2D eigenvalue weighted by atomic mass is 16.4. The number of amides is 5. The summed E-state index contributed by atoms with van der Waals surface area (Å²) in [5.41, 5.74) is 15.8. The summed E-state index contributed by atoms with van der Waals surface area (Å²) >= 11 is 0. The zero-order valence-corrected chi connectivity index (χ0v) is 18.9. The van der Waals surface area contributed by atoms with Gasteiger partial charge in [0.15, 0.2) is 0 Å². The van der Waals surface area contributed by atoms with Crippen LogP contribution in [0.25, 0.3) is 0 Å². The molecule has 192 valence electrons. The Morgan fingerprint density at radius 2 is 1.15 bits per heavy atom. The molecular weight excluding hydrogens is 456 g/mol. The van der Waals surface area contributed by atoms with Crippen LogP contribution in [-0.4, -0.2) is 75.9 Å². The van der Waals surface area contributed by atoms with Gasteiger partial charge in [0.25, 0.3) is 0 Å². The second-order valence-corrected chi connectivity index (χ2v) is 8.03. The summed E-state index contributed by atoms with van der Waals surface area (Å²) in [4.78, 5) is 82.3. The molecule has 0 aliphatic heterocycles. The van der Waals surface area contributed by atoms with Gasteiger partial charge in [-0.25, -0.2) is 4.79 Å². The van der Waals surface area contributed by atoms with Gasteiger partial charge in [0, 0.05) is 6.42 Å². The lowest BCUT2D eigenvalue weighted by Crippen LogP contribution is -2.58. The SMILES string of the molecule is CC(C)CC(NC(=O)C(CC(N)=O)NC(=O)C(CC(N)=O)NC(=O)C(N)CCC(=O)O)C(=O)O. The van der Waals surface area contributed by atoms with Gasteiger partial charge in [0.05, 0.1) is 18.9 Å². The molecule has 0 heterocycles. The van der Waals surface area contributed by atoms with Crippen LogP contribution in [0.1, 0.15) is 46.0 Å². The van der Waals surface area contributed by atoms with Crippen LogP contribution in [0.5, 0.6) is 0 Å². The highest BCUT2D eigenvalue weighted by Gasteiger charge is 2.32. The van der Waals surface area contributed by atoms with Gasteiger partial charge < -0.3 is 43.4 Å².